The van der Waals surface area contributed by atoms with E-state index in [0.29, 0.717) is 26.9 Å². The third-order valence-electron chi connectivity index (χ3n) is 4.20. The molecule has 0 bridgehead atoms. The fourth-order valence-corrected chi connectivity index (χ4v) is 4.05. The highest BCUT2D eigenvalue weighted by Gasteiger charge is 2.21. The number of carbonyl (C=O) groups excluding carboxylic acids is 1. The highest BCUT2D eigenvalue weighted by atomic mass is 35.5. The third-order valence-corrected chi connectivity index (χ3v) is 5.30. The van der Waals surface area contributed by atoms with Gasteiger partial charge in [0, 0.05) is 17.1 Å². The van der Waals surface area contributed by atoms with Crippen LogP contribution in [0.2, 0.25) is 5.02 Å². The van der Waals surface area contributed by atoms with Crippen LogP contribution in [0.4, 0.5) is 0 Å². The zero-order valence-electron chi connectivity index (χ0n) is 16.1. The second kappa shape index (κ2) is 8.36. The van der Waals surface area contributed by atoms with E-state index in [1.54, 1.807) is 22.9 Å². The molecule has 0 fully saturated rings. The van der Waals surface area contributed by atoms with Crippen molar-refractivity contribution >= 4 is 40.3 Å². The molecule has 3 rings (SSSR count). The lowest BCUT2D eigenvalue weighted by atomic mass is 10.2. The molecule has 0 atom stereocenters. The monoisotopic (exact) mass is 419 g/mol. The molecular formula is C19H22ClN5O2S. The predicted octanol–water partition coefficient (Wildman–Crippen LogP) is 3.50. The minimum Gasteiger partial charge on any atom is -0.337 e. The SMILES string of the molecule is CC(C)N(C(=O)CSc1nc2c(cnn2-c2cccc(Cl)c2)c(=O)[nH]1)C(C)C. The van der Waals surface area contributed by atoms with E-state index >= 15 is 0 Å². The van der Waals surface area contributed by atoms with Gasteiger partial charge in [0.05, 0.1) is 17.6 Å². The Morgan fingerprint density at radius 1 is 1.29 bits per heavy atom. The first kappa shape index (κ1) is 20.4. The number of hydrogen-bond donors (Lipinski definition) is 1. The Morgan fingerprint density at radius 2 is 2.00 bits per heavy atom. The molecule has 7 nitrogen and oxygen atoms in total. The van der Waals surface area contributed by atoms with Gasteiger partial charge in [0.1, 0.15) is 5.39 Å². The van der Waals surface area contributed by atoms with Gasteiger partial charge in [-0.1, -0.05) is 29.4 Å². The normalized spacial score (nSPS) is 11.5. The van der Waals surface area contributed by atoms with Crippen molar-refractivity contribution in [3.63, 3.8) is 0 Å². The average molecular weight is 420 g/mol. The molecule has 3 aromatic rings. The Morgan fingerprint density at radius 3 is 2.64 bits per heavy atom. The Kier molecular flexibility index (Phi) is 6.10. The number of aromatic nitrogens is 4. The number of amides is 1. The molecule has 2 heterocycles. The van der Waals surface area contributed by atoms with Crippen LogP contribution in [-0.4, -0.2) is 48.4 Å². The molecule has 9 heteroatoms. The van der Waals surface area contributed by atoms with Crippen LogP contribution < -0.4 is 5.56 Å². The summed E-state index contributed by atoms with van der Waals surface area (Å²) >= 11 is 7.27. The Bertz CT molecular complexity index is 1050. The Balaban J connectivity index is 1.90. The lowest BCUT2D eigenvalue weighted by Gasteiger charge is -2.30. The van der Waals surface area contributed by atoms with Gasteiger partial charge in [-0.2, -0.15) is 5.10 Å². The molecule has 0 spiro atoms. The number of halogens is 1. The fraction of sp³-hybridized carbons (Fsp3) is 0.368. The molecule has 28 heavy (non-hydrogen) atoms. The summed E-state index contributed by atoms with van der Waals surface area (Å²) in [6.07, 6.45) is 1.47. The van der Waals surface area contributed by atoms with Gasteiger partial charge >= 0.3 is 0 Å². The van der Waals surface area contributed by atoms with Crippen molar-refractivity contribution in [1.29, 1.82) is 0 Å². The number of H-pyrrole nitrogens is 1. The molecular weight excluding hydrogens is 398 g/mol. The maximum Gasteiger partial charge on any atom is 0.262 e. The van der Waals surface area contributed by atoms with E-state index < -0.39 is 0 Å². The lowest BCUT2D eigenvalue weighted by Crippen LogP contribution is -2.43. The van der Waals surface area contributed by atoms with Gasteiger partial charge in [-0.3, -0.25) is 9.59 Å². The number of fused-ring (bicyclic) bond motifs is 1. The summed E-state index contributed by atoms with van der Waals surface area (Å²) in [5, 5.41) is 5.59. The summed E-state index contributed by atoms with van der Waals surface area (Å²) in [7, 11) is 0. The molecule has 0 aliphatic carbocycles. The second-order valence-corrected chi connectivity index (χ2v) is 8.32. The molecule has 0 radical (unpaired) electrons. The smallest absolute Gasteiger partial charge is 0.262 e. The molecule has 2 aromatic heterocycles. The highest BCUT2D eigenvalue weighted by Crippen LogP contribution is 2.20. The molecule has 0 aliphatic rings. The molecule has 0 saturated heterocycles. The first-order valence-electron chi connectivity index (χ1n) is 8.96. The minimum atomic E-state index is -0.294. The van der Waals surface area contributed by atoms with Crippen LogP contribution in [0.15, 0.2) is 40.4 Å². The Labute approximate surface area is 172 Å². The van der Waals surface area contributed by atoms with E-state index in [1.165, 1.54) is 18.0 Å². The summed E-state index contributed by atoms with van der Waals surface area (Å²) in [5.74, 6) is 0.192. The molecule has 148 valence electrons. The van der Waals surface area contributed by atoms with Crippen LogP contribution >= 0.6 is 23.4 Å². The first-order chi connectivity index (χ1) is 13.3. The average Bonchev–Trinajstić information content (AvgIpc) is 3.04. The molecule has 0 aliphatic heterocycles. The van der Waals surface area contributed by atoms with Gasteiger partial charge in [-0.05, 0) is 45.9 Å². The first-order valence-corrected chi connectivity index (χ1v) is 10.3. The number of thioether (sulfide) groups is 1. The number of nitrogens with one attached hydrogen (secondary N) is 1. The number of benzene rings is 1. The molecule has 0 unspecified atom stereocenters. The number of hydrogen-bond acceptors (Lipinski definition) is 5. The van der Waals surface area contributed by atoms with Gasteiger partial charge < -0.3 is 9.88 Å². The van der Waals surface area contributed by atoms with Gasteiger partial charge in [-0.25, -0.2) is 9.67 Å². The largest absolute Gasteiger partial charge is 0.337 e. The van der Waals surface area contributed by atoms with Gasteiger partial charge in [0.25, 0.3) is 5.56 Å². The fourth-order valence-electron chi connectivity index (χ4n) is 3.14. The van der Waals surface area contributed by atoms with Crippen LogP contribution in [0.3, 0.4) is 0 Å². The van der Waals surface area contributed by atoms with Crippen molar-refractivity contribution < 1.29 is 4.79 Å². The quantitative estimate of drug-likeness (QED) is 0.488. The van der Waals surface area contributed by atoms with Crippen LogP contribution in [0.5, 0.6) is 0 Å². The highest BCUT2D eigenvalue weighted by molar-refractivity contribution is 7.99. The third kappa shape index (κ3) is 4.23. The van der Waals surface area contributed by atoms with E-state index in [9.17, 15) is 9.59 Å². The zero-order chi connectivity index (χ0) is 20.4. The maximum atomic E-state index is 12.6. The van der Waals surface area contributed by atoms with Crippen LogP contribution in [0.25, 0.3) is 16.7 Å². The predicted molar refractivity (Wildman–Crippen MR) is 112 cm³/mol. The van der Waals surface area contributed by atoms with Gasteiger partial charge in [-0.15, -0.1) is 0 Å². The topological polar surface area (TPSA) is 83.9 Å². The minimum absolute atomic E-state index is 0.00101. The van der Waals surface area contributed by atoms with Crippen molar-refractivity contribution in [3.05, 3.63) is 45.8 Å². The van der Waals surface area contributed by atoms with E-state index in [2.05, 4.69) is 15.1 Å². The number of nitrogens with zero attached hydrogens (tertiary/aromatic N) is 4. The number of carbonyl (C=O) groups is 1. The summed E-state index contributed by atoms with van der Waals surface area (Å²) in [6.45, 7) is 7.94. The molecule has 1 N–H and O–H groups in total. The number of rotatable bonds is 6. The van der Waals surface area contributed by atoms with Crippen LogP contribution in [0, 0.1) is 0 Å². The summed E-state index contributed by atoms with van der Waals surface area (Å²) in [6, 6.07) is 7.36. The van der Waals surface area contributed by atoms with Crippen molar-refractivity contribution in [1.82, 2.24) is 24.6 Å². The molecule has 1 amide bonds. The van der Waals surface area contributed by atoms with Crippen molar-refractivity contribution in [2.75, 3.05) is 5.75 Å². The second-order valence-electron chi connectivity index (χ2n) is 6.92. The Hall–Kier alpha value is -2.32. The van der Waals surface area contributed by atoms with Crippen molar-refractivity contribution in [3.8, 4) is 5.69 Å². The zero-order valence-corrected chi connectivity index (χ0v) is 17.7. The lowest BCUT2D eigenvalue weighted by molar-refractivity contribution is -0.131. The van der Waals surface area contributed by atoms with Gasteiger partial charge in [0.15, 0.2) is 10.8 Å². The van der Waals surface area contributed by atoms with E-state index in [-0.39, 0.29) is 29.3 Å². The maximum absolute atomic E-state index is 12.6. The van der Waals surface area contributed by atoms with Crippen LogP contribution in [-0.2, 0) is 4.79 Å². The molecule has 1 aromatic carbocycles. The van der Waals surface area contributed by atoms with Gasteiger partial charge in [0.2, 0.25) is 5.91 Å². The van der Waals surface area contributed by atoms with E-state index in [0.717, 1.165) is 0 Å². The number of aromatic amines is 1. The van der Waals surface area contributed by atoms with Crippen molar-refractivity contribution in [2.45, 2.75) is 44.9 Å². The van der Waals surface area contributed by atoms with E-state index in [4.69, 9.17) is 11.6 Å². The van der Waals surface area contributed by atoms with E-state index in [1.807, 2.05) is 38.7 Å². The molecule has 0 saturated carbocycles. The summed E-state index contributed by atoms with van der Waals surface area (Å²) in [4.78, 5) is 34.1. The van der Waals surface area contributed by atoms with Crippen molar-refractivity contribution in [2.24, 2.45) is 0 Å². The standard InChI is InChI=1S/C19H22ClN5O2S/c1-11(2)24(12(3)4)16(26)10-28-19-22-17-15(18(27)23-19)9-21-25(17)14-7-5-6-13(20)8-14/h5-9,11-12H,10H2,1-4H3,(H,22,23,27). The summed E-state index contributed by atoms with van der Waals surface area (Å²) < 4.78 is 1.57. The van der Waals surface area contributed by atoms with Crippen LogP contribution in [0.1, 0.15) is 27.7 Å². The summed E-state index contributed by atoms with van der Waals surface area (Å²) in [5.41, 5.74) is 0.835.